The lowest BCUT2D eigenvalue weighted by Crippen LogP contribution is -2.35. The number of nitrogens with zero attached hydrogens (tertiary/aromatic N) is 1. The lowest BCUT2D eigenvalue weighted by Gasteiger charge is -2.20. The maximum Gasteiger partial charge on any atom is 0.234 e. The fraction of sp³-hybridized carbons (Fsp3) is 0.167. The molecular formula is C18H16ClN3O2S. The molecule has 1 aliphatic heterocycles. The summed E-state index contributed by atoms with van der Waals surface area (Å²) in [6.07, 6.45) is 0.311. The average molecular weight is 374 g/mol. The molecule has 128 valence electrons. The fourth-order valence-electron chi connectivity index (χ4n) is 2.37. The van der Waals surface area contributed by atoms with Crippen LogP contribution in [0, 0.1) is 0 Å². The second-order valence-electron chi connectivity index (χ2n) is 5.46. The fourth-order valence-corrected chi connectivity index (χ4v) is 3.22. The molecule has 2 N–H and O–H groups in total. The van der Waals surface area contributed by atoms with E-state index in [0.29, 0.717) is 22.3 Å². The summed E-state index contributed by atoms with van der Waals surface area (Å²) in [6.45, 7) is 0. The second-order valence-corrected chi connectivity index (χ2v) is 6.86. The number of carbonyl (C=O) groups excluding carboxylic acids is 2. The number of rotatable bonds is 4. The van der Waals surface area contributed by atoms with Crippen LogP contribution in [0.15, 0.2) is 59.6 Å². The van der Waals surface area contributed by atoms with E-state index in [9.17, 15) is 9.59 Å². The third-order valence-corrected chi connectivity index (χ3v) is 4.69. The van der Waals surface area contributed by atoms with Crippen LogP contribution in [0.1, 0.15) is 18.0 Å². The number of halogens is 1. The van der Waals surface area contributed by atoms with Crippen molar-refractivity contribution in [1.82, 2.24) is 5.32 Å². The van der Waals surface area contributed by atoms with E-state index in [2.05, 4.69) is 15.6 Å². The van der Waals surface area contributed by atoms with Crippen LogP contribution in [0.3, 0.4) is 0 Å². The molecular weight excluding hydrogens is 358 g/mol. The normalized spacial score (nSPS) is 16.8. The number of carbonyl (C=O) groups is 2. The molecule has 0 aliphatic carbocycles. The number of benzene rings is 2. The van der Waals surface area contributed by atoms with Crippen LogP contribution in [-0.2, 0) is 9.59 Å². The molecule has 25 heavy (non-hydrogen) atoms. The highest BCUT2D eigenvalue weighted by Crippen LogP contribution is 2.25. The third kappa shape index (κ3) is 5.08. The predicted molar refractivity (Wildman–Crippen MR) is 102 cm³/mol. The first-order chi connectivity index (χ1) is 12.1. The van der Waals surface area contributed by atoms with Crippen LogP contribution < -0.4 is 10.6 Å². The molecule has 2 aromatic rings. The van der Waals surface area contributed by atoms with E-state index in [0.717, 1.165) is 5.56 Å². The van der Waals surface area contributed by atoms with Crippen LogP contribution in [0.2, 0.25) is 5.02 Å². The Morgan fingerprint density at radius 1 is 1.20 bits per heavy atom. The minimum atomic E-state index is -0.211. The van der Waals surface area contributed by atoms with Gasteiger partial charge in [-0.1, -0.05) is 53.7 Å². The van der Waals surface area contributed by atoms with Crippen molar-refractivity contribution in [2.75, 3.05) is 11.1 Å². The van der Waals surface area contributed by atoms with Crippen LogP contribution in [-0.4, -0.2) is 22.7 Å². The van der Waals surface area contributed by atoms with Gasteiger partial charge in [0.2, 0.25) is 11.8 Å². The summed E-state index contributed by atoms with van der Waals surface area (Å²) >= 11 is 7.03. The summed E-state index contributed by atoms with van der Waals surface area (Å²) in [7, 11) is 0. The van der Waals surface area contributed by atoms with Gasteiger partial charge < -0.3 is 10.6 Å². The molecule has 2 aromatic carbocycles. The number of anilines is 1. The first-order valence-electron chi connectivity index (χ1n) is 7.71. The van der Waals surface area contributed by atoms with Crippen molar-refractivity contribution in [3.63, 3.8) is 0 Å². The predicted octanol–water partition coefficient (Wildman–Crippen LogP) is 3.63. The Morgan fingerprint density at radius 3 is 2.64 bits per heavy atom. The maximum atomic E-state index is 12.0. The first kappa shape index (κ1) is 17.5. The van der Waals surface area contributed by atoms with Gasteiger partial charge >= 0.3 is 0 Å². The summed E-state index contributed by atoms with van der Waals surface area (Å²) in [4.78, 5) is 28.5. The topological polar surface area (TPSA) is 70.6 Å². The van der Waals surface area contributed by atoms with E-state index < -0.39 is 0 Å². The van der Waals surface area contributed by atoms with Crippen molar-refractivity contribution < 1.29 is 9.59 Å². The molecule has 7 heteroatoms. The van der Waals surface area contributed by atoms with Crippen LogP contribution in [0.4, 0.5) is 5.69 Å². The molecule has 0 saturated carbocycles. The molecule has 3 rings (SSSR count). The van der Waals surface area contributed by atoms with Gasteiger partial charge in [-0.2, -0.15) is 0 Å². The van der Waals surface area contributed by atoms with Gasteiger partial charge in [-0.15, -0.1) is 0 Å². The zero-order chi connectivity index (χ0) is 17.6. The van der Waals surface area contributed by atoms with Crippen LogP contribution in [0.5, 0.6) is 0 Å². The van der Waals surface area contributed by atoms with Gasteiger partial charge in [-0.3, -0.25) is 14.6 Å². The van der Waals surface area contributed by atoms with E-state index in [1.54, 1.807) is 24.3 Å². The molecule has 0 fully saturated rings. The van der Waals surface area contributed by atoms with Gasteiger partial charge in [0.05, 0.1) is 18.2 Å². The summed E-state index contributed by atoms with van der Waals surface area (Å²) in [5.74, 6) is -0.112. The van der Waals surface area contributed by atoms with Crippen molar-refractivity contribution in [2.24, 2.45) is 4.99 Å². The highest BCUT2D eigenvalue weighted by atomic mass is 35.5. The summed E-state index contributed by atoms with van der Waals surface area (Å²) in [5, 5.41) is 6.57. The lowest BCUT2D eigenvalue weighted by molar-refractivity contribution is -0.120. The molecule has 0 saturated heterocycles. The molecule has 0 unspecified atom stereocenters. The van der Waals surface area contributed by atoms with E-state index in [1.807, 2.05) is 30.3 Å². The SMILES string of the molecule is O=C1C[C@@H](c2ccccc2)N=C(SCC(=O)Nc2ccc(Cl)cc2)N1. The largest absolute Gasteiger partial charge is 0.325 e. The zero-order valence-corrected chi connectivity index (χ0v) is 14.8. The quantitative estimate of drug-likeness (QED) is 0.859. The maximum absolute atomic E-state index is 12.0. The molecule has 0 aromatic heterocycles. The number of nitrogens with one attached hydrogen (secondary N) is 2. The van der Waals surface area contributed by atoms with E-state index in [-0.39, 0.29) is 23.6 Å². The highest BCUT2D eigenvalue weighted by Gasteiger charge is 2.22. The van der Waals surface area contributed by atoms with Crippen molar-refractivity contribution in [1.29, 1.82) is 0 Å². The van der Waals surface area contributed by atoms with Gasteiger partial charge in [0.1, 0.15) is 0 Å². The smallest absolute Gasteiger partial charge is 0.234 e. The number of hydrogen-bond acceptors (Lipinski definition) is 4. The zero-order valence-electron chi connectivity index (χ0n) is 13.2. The molecule has 1 aliphatic rings. The van der Waals surface area contributed by atoms with Gasteiger partial charge in [0.25, 0.3) is 0 Å². The standard InChI is InChI=1S/C18H16ClN3O2S/c19-13-6-8-14(9-7-13)20-17(24)11-25-18-21-15(10-16(23)22-18)12-4-2-1-3-5-12/h1-9,15H,10-11H2,(H,20,24)(H,21,22,23)/t15-/m0/s1. The molecule has 5 nitrogen and oxygen atoms in total. The minimum Gasteiger partial charge on any atom is -0.325 e. The van der Waals surface area contributed by atoms with Crippen molar-refractivity contribution >= 4 is 46.0 Å². The molecule has 1 atom stereocenters. The van der Waals surface area contributed by atoms with Crippen LogP contribution in [0.25, 0.3) is 0 Å². The number of thioether (sulfide) groups is 1. The van der Waals surface area contributed by atoms with Gasteiger partial charge in [0, 0.05) is 10.7 Å². The van der Waals surface area contributed by atoms with Gasteiger partial charge in [-0.05, 0) is 29.8 Å². The Balaban J connectivity index is 1.59. The first-order valence-corrected chi connectivity index (χ1v) is 9.07. The summed E-state index contributed by atoms with van der Waals surface area (Å²) in [5.41, 5.74) is 1.66. The highest BCUT2D eigenvalue weighted by molar-refractivity contribution is 8.14. The van der Waals surface area contributed by atoms with E-state index >= 15 is 0 Å². The average Bonchev–Trinajstić information content (AvgIpc) is 2.62. The molecule has 2 amide bonds. The molecule has 0 radical (unpaired) electrons. The van der Waals surface area contributed by atoms with Crippen molar-refractivity contribution in [3.8, 4) is 0 Å². The summed E-state index contributed by atoms with van der Waals surface area (Å²) in [6, 6.07) is 16.3. The minimum absolute atomic E-state index is 0.0931. The van der Waals surface area contributed by atoms with Gasteiger partial charge in [0.15, 0.2) is 5.17 Å². The Bertz CT molecular complexity index is 794. The number of amides is 2. The van der Waals surface area contributed by atoms with Gasteiger partial charge in [-0.25, -0.2) is 0 Å². The number of aliphatic imine (C=N–C) groups is 1. The number of hydrogen-bond donors (Lipinski definition) is 2. The molecule has 0 spiro atoms. The number of amidine groups is 1. The van der Waals surface area contributed by atoms with Crippen molar-refractivity contribution in [2.45, 2.75) is 12.5 Å². The van der Waals surface area contributed by atoms with Crippen LogP contribution >= 0.6 is 23.4 Å². The van der Waals surface area contributed by atoms with E-state index in [1.165, 1.54) is 11.8 Å². The third-order valence-electron chi connectivity index (χ3n) is 3.55. The lowest BCUT2D eigenvalue weighted by atomic mass is 10.0. The monoisotopic (exact) mass is 373 g/mol. The van der Waals surface area contributed by atoms with Crippen molar-refractivity contribution in [3.05, 3.63) is 65.2 Å². The Hall–Kier alpha value is -2.31. The second kappa shape index (κ2) is 8.18. The summed E-state index contributed by atoms with van der Waals surface area (Å²) < 4.78 is 0. The Labute approximate surface area is 154 Å². The molecule has 0 bridgehead atoms. The molecule has 1 heterocycles. The van der Waals surface area contributed by atoms with E-state index in [4.69, 9.17) is 11.6 Å². The Kier molecular flexibility index (Phi) is 5.73. The Morgan fingerprint density at radius 2 is 1.92 bits per heavy atom.